The largest absolute Gasteiger partial charge is 0.380 e. The van der Waals surface area contributed by atoms with Crippen molar-refractivity contribution in [3.8, 4) is 11.1 Å². The van der Waals surface area contributed by atoms with Crippen molar-refractivity contribution < 1.29 is 14.3 Å². The third-order valence-electron chi connectivity index (χ3n) is 8.63. The number of nitrogens with one attached hydrogen (secondary N) is 2. The van der Waals surface area contributed by atoms with E-state index in [4.69, 9.17) is 21.3 Å². The Morgan fingerprint density at radius 3 is 2.53 bits per heavy atom. The minimum Gasteiger partial charge on any atom is -0.380 e. The van der Waals surface area contributed by atoms with Crippen molar-refractivity contribution in [1.29, 1.82) is 0 Å². The van der Waals surface area contributed by atoms with E-state index in [1.807, 2.05) is 37.1 Å². The SMILES string of the molecule is CO[C@@H](C)CNCc1cc(C(=O)Nc2cc(-c3ccc(Cl)cc3C(=O)N3CC[C@@H]3C)cc(C3CC3)n2)c(=O)n(C2CC2)c1. The van der Waals surface area contributed by atoms with E-state index in [1.54, 1.807) is 35.9 Å². The Hall–Kier alpha value is -3.53. The van der Waals surface area contributed by atoms with Gasteiger partial charge < -0.3 is 24.8 Å². The third kappa shape index (κ3) is 6.54. The summed E-state index contributed by atoms with van der Waals surface area (Å²) >= 11 is 6.35. The van der Waals surface area contributed by atoms with Crippen LogP contribution in [0, 0.1) is 0 Å². The molecule has 3 heterocycles. The number of pyridine rings is 2. The molecule has 3 aliphatic rings. The lowest BCUT2D eigenvalue weighted by atomic mass is 9.95. The fourth-order valence-corrected chi connectivity index (χ4v) is 5.68. The first-order valence-electron chi connectivity index (χ1n) is 15.1. The lowest BCUT2D eigenvalue weighted by molar-refractivity contribution is 0.0503. The molecule has 2 aromatic heterocycles. The van der Waals surface area contributed by atoms with E-state index in [2.05, 4.69) is 10.6 Å². The van der Waals surface area contributed by atoms with Crippen molar-refractivity contribution in [2.75, 3.05) is 25.5 Å². The summed E-state index contributed by atoms with van der Waals surface area (Å²) in [5, 5.41) is 6.74. The van der Waals surface area contributed by atoms with Gasteiger partial charge in [0.25, 0.3) is 17.4 Å². The Bertz CT molecular complexity index is 1610. The number of hydrogen-bond acceptors (Lipinski definition) is 6. The molecular formula is C33H38ClN5O4. The summed E-state index contributed by atoms with van der Waals surface area (Å²) in [4.78, 5) is 47.2. The quantitative estimate of drug-likeness (QED) is 0.305. The van der Waals surface area contributed by atoms with Gasteiger partial charge in [0.15, 0.2) is 0 Å². The second-order valence-electron chi connectivity index (χ2n) is 12.1. The zero-order valence-corrected chi connectivity index (χ0v) is 25.6. The minimum absolute atomic E-state index is 0.0434. The molecule has 3 fully saturated rings. The molecule has 2 N–H and O–H groups in total. The standard InChI is InChI=1S/C33H38ClN5O4/c1-19-10-11-38(19)32(41)27-15-24(34)6-9-26(27)23-13-29(22-4-5-22)36-30(14-23)37-31(40)28-12-21(17-35-16-20(2)43-3)18-39(33(28)42)25-7-8-25/h6,9,12-15,18-20,22,25,35H,4-5,7-8,10-11,16-17H2,1-3H3,(H,36,37,40)/t19-,20-/m0/s1. The first kappa shape index (κ1) is 29.5. The van der Waals surface area contributed by atoms with Gasteiger partial charge in [0.1, 0.15) is 11.4 Å². The smallest absolute Gasteiger partial charge is 0.263 e. The van der Waals surface area contributed by atoms with Crippen molar-refractivity contribution in [1.82, 2.24) is 19.8 Å². The maximum Gasteiger partial charge on any atom is 0.263 e. The summed E-state index contributed by atoms with van der Waals surface area (Å²) in [7, 11) is 1.66. The molecule has 226 valence electrons. The molecule has 0 radical (unpaired) electrons. The normalized spacial score (nSPS) is 18.7. The van der Waals surface area contributed by atoms with E-state index in [0.717, 1.165) is 61.0 Å². The maximum atomic E-state index is 13.7. The molecule has 1 aliphatic heterocycles. The Morgan fingerprint density at radius 2 is 1.88 bits per heavy atom. The molecule has 2 amide bonds. The van der Waals surface area contributed by atoms with Gasteiger partial charge in [-0.1, -0.05) is 17.7 Å². The van der Waals surface area contributed by atoms with Crippen molar-refractivity contribution in [3.63, 3.8) is 0 Å². The number of anilines is 1. The van der Waals surface area contributed by atoms with Crippen LogP contribution in [0.2, 0.25) is 5.02 Å². The van der Waals surface area contributed by atoms with Gasteiger partial charge in [-0.2, -0.15) is 0 Å². The summed E-state index contributed by atoms with van der Waals surface area (Å²) in [6.45, 7) is 5.88. The Kier molecular flexibility index (Phi) is 8.40. The Morgan fingerprint density at radius 1 is 1.09 bits per heavy atom. The minimum atomic E-state index is -0.500. The van der Waals surface area contributed by atoms with Crippen LogP contribution in [-0.4, -0.2) is 58.6 Å². The summed E-state index contributed by atoms with van der Waals surface area (Å²) < 4.78 is 7.00. The average Bonchev–Trinajstić information content (AvgIpc) is 3.90. The highest BCUT2D eigenvalue weighted by Gasteiger charge is 2.32. The summed E-state index contributed by atoms with van der Waals surface area (Å²) in [5.41, 5.74) is 3.54. The summed E-state index contributed by atoms with van der Waals surface area (Å²) in [5.74, 6) is 0.0932. The summed E-state index contributed by atoms with van der Waals surface area (Å²) in [6, 6.07) is 11.1. The Labute approximate surface area is 256 Å². The number of rotatable bonds is 11. The van der Waals surface area contributed by atoms with Gasteiger partial charge in [-0.25, -0.2) is 4.98 Å². The van der Waals surface area contributed by atoms with Crippen LogP contribution < -0.4 is 16.2 Å². The zero-order chi connectivity index (χ0) is 30.2. The van der Waals surface area contributed by atoms with Gasteiger partial charge in [0.05, 0.1) is 6.10 Å². The lowest BCUT2D eigenvalue weighted by Gasteiger charge is -2.39. The van der Waals surface area contributed by atoms with Crippen molar-refractivity contribution in [2.24, 2.45) is 0 Å². The van der Waals surface area contributed by atoms with Crippen LogP contribution in [0.4, 0.5) is 5.82 Å². The van der Waals surface area contributed by atoms with Crippen LogP contribution in [0.25, 0.3) is 11.1 Å². The molecule has 2 atom stereocenters. The van der Waals surface area contributed by atoms with Gasteiger partial charge in [0.2, 0.25) is 0 Å². The predicted octanol–water partition coefficient (Wildman–Crippen LogP) is 5.39. The number of carbonyl (C=O) groups is 2. The van der Waals surface area contributed by atoms with Crippen LogP contribution in [0.3, 0.4) is 0 Å². The molecule has 3 aromatic rings. The second kappa shape index (κ2) is 12.2. The monoisotopic (exact) mass is 603 g/mol. The molecule has 0 spiro atoms. The van der Waals surface area contributed by atoms with Crippen LogP contribution >= 0.6 is 11.6 Å². The number of halogens is 1. The highest BCUT2D eigenvalue weighted by Crippen LogP contribution is 2.42. The number of ether oxygens (including phenoxy) is 1. The molecule has 2 aliphatic carbocycles. The van der Waals surface area contributed by atoms with Crippen LogP contribution in [0.5, 0.6) is 0 Å². The van der Waals surface area contributed by atoms with Crippen molar-refractivity contribution >= 4 is 29.2 Å². The number of hydrogen-bond donors (Lipinski definition) is 2. The molecule has 43 heavy (non-hydrogen) atoms. The van der Waals surface area contributed by atoms with Gasteiger partial charge in [-0.05, 0) is 93.0 Å². The molecule has 0 unspecified atom stereocenters. The van der Waals surface area contributed by atoms with Crippen LogP contribution in [-0.2, 0) is 11.3 Å². The summed E-state index contributed by atoms with van der Waals surface area (Å²) in [6.07, 6.45) is 6.75. The van der Waals surface area contributed by atoms with E-state index in [-0.39, 0.29) is 35.2 Å². The number of carbonyl (C=O) groups excluding carboxylic acids is 2. The van der Waals surface area contributed by atoms with Crippen LogP contribution in [0.1, 0.15) is 89.9 Å². The Balaban J connectivity index is 1.32. The van der Waals surface area contributed by atoms with Crippen molar-refractivity contribution in [2.45, 2.75) is 76.6 Å². The van der Waals surface area contributed by atoms with Gasteiger partial charge in [-0.3, -0.25) is 14.4 Å². The van der Waals surface area contributed by atoms with E-state index in [9.17, 15) is 14.4 Å². The first-order chi connectivity index (χ1) is 20.7. The topological polar surface area (TPSA) is 106 Å². The number of methoxy groups -OCH3 is 1. The molecular weight excluding hydrogens is 566 g/mol. The van der Waals surface area contributed by atoms with Crippen molar-refractivity contribution in [3.05, 3.63) is 80.4 Å². The third-order valence-corrected chi connectivity index (χ3v) is 8.87. The molecule has 6 rings (SSSR count). The first-order valence-corrected chi connectivity index (χ1v) is 15.5. The van der Waals surface area contributed by atoms with E-state index < -0.39 is 5.91 Å². The van der Waals surface area contributed by atoms with Gasteiger partial charge >= 0.3 is 0 Å². The fourth-order valence-electron chi connectivity index (χ4n) is 5.51. The number of benzene rings is 1. The average molecular weight is 604 g/mol. The molecule has 2 saturated carbocycles. The van der Waals surface area contributed by atoms with E-state index in [1.165, 1.54) is 0 Å². The predicted molar refractivity (Wildman–Crippen MR) is 167 cm³/mol. The van der Waals surface area contributed by atoms with Gasteiger partial charge in [-0.15, -0.1) is 0 Å². The number of aromatic nitrogens is 2. The molecule has 1 saturated heterocycles. The molecule has 10 heteroatoms. The molecule has 0 bridgehead atoms. The van der Waals surface area contributed by atoms with Crippen LogP contribution in [0.15, 0.2) is 47.4 Å². The molecule has 1 aromatic carbocycles. The van der Waals surface area contributed by atoms with E-state index in [0.29, 0.717) is 35.4 Å². The number of likely N-dealkylation sites (tertiary alicyclic amines) is 1. The molecule has 9 nitrogen and oxygen atoms in total. The van der Waals surface area contributed by atoms with Gasteiger partial charge in [0, 0.05) is 67.2 Å². The lowest BCUT2D eigenvalue weighted by Crippen LogP contribution is -2.49. The second-order valence-corrected chi connectivity index (χ2v) is 12.5. The highest BCUT2D eigenvalue weighted by molar-refractivity contribution is 6.31. The highest BCUT2D eigenvalue weighted by atomic mass is 35.5. The maximum absolute atomic E-state index is 13.7. The van der Waals surface area contributed by atoms with E-state index >= 15 is 0 Å². The zero-order valence-electron chi connectivity index (χ0n) is 24.9. The number of nitrogens with zero attached hydrogens (tertiary/aromatic N) is 3. The number of amides is 2. The fraction of sp³-hybridized carbons (Fsp3) is 0.455.